The summed E-state index contributed by atoms with van der Waals surface area (Å²) in [4.78, 5) is 10.2. The van der Waals surface area contributed by atoms with Crippen molar-refractivity contribution in [3.8, 4) is 0 Å². The fourth-order valence-electron chi connectivity index (χ4n) is 2.42. The Kier molecular flexibility index (Phi) is 3.61. The molecule has 1 aromatic carbocycles. The van der Waals surface area contributed by atoms with Gasteiger partial charge in [-0.2, -0.15) is 0 Å². The highest BCUT2D eigenvalue weighted by molar-refractivity contribution is 5.49. The summed E-state index contributed by atoms with van der Waals surface area (Å²) in [7, 11) is 0. The molecule has 1 aliphatic carbocycles. The Bertz CT molecular complexity index is 389. The van der Waals surface area contributed by atoms with E-state index in [0.717, 1.165) is 5.69 Å². The third-order valence-electron chi connectivity index (χ3n) is 3.54. The zero-order valence-electron chi connectivity index (χ0n) is 10.1. The highest BCUT2D eigenvalue weighted by atomic mass is 16.6. The van der Waals surface area contributed by atoms with Gasteiger partial charge in [0.1, 0.15) is 0 Å². The van der Waals surface area contributed by atoms with E-state index < -0.39 is 0 Å². The lowest BCUT2D eigenvalue weighted by molar-refractivity contribution is -0.384. The number of rotatable bonds is 3. The third-order valence-corrected chi connectivity index (χ3v) is 3.54. The van der Waals surface area contributed by atoms with Gasteiger partial charge in [-0.05, 0) is 30.9 Å². The van der Waals surface area contributed by atoms with Gasteiger partial charge in [-0.3, -0.25) is 10.1 Å². The van der Waals surface area contributed by atoms with Gasteiger partial charge in [0.2, 0.25) is 0 Å². The first kappa shape index (κ1) is 11.9. The molecule has 92 valence electrons. The number of hydrogen-bond acceptors (Lipinski definition) is 3. The van der Waals surface area contributed by atoms with Gasteiger partial charge >= 0.3 is 0 Å². The molecule has 0 spiro atoms. The second-order valence-corrected chi connectivity index (χ2v) is 4.82. The monoisotopic (exact) mass is 234 g/mol. The van der Waals surface area contributed by atoms with E-state index in [1.54, 1.807) is 24.3 Å². The Labute approximate surface area is 101 Å². The van der Waals surface area contributed by atoms with Crippen LogP contribution in [-0.4, -0.2) is 11.0 Å². The van der Waals surface area contributed by atoms with Crippen LogP contribution in [-0.2, 0) is 0 Å². The maximum absolute atomic E-state index is 10.5. The molecular weight excluding hydrogens is 216 g/mol. The Morgan fingerprint density at radius 1 is 1.24 bits per heavy atom. The first-order valence-electron chi connectivity index (χ1n) is 6.18. The summed E-state index contributed by atoms with van der Waals surface area (Å²) in [6.07, 6.45) is 5.05. The van der Waals surface area contributed by atoms with Gasteiger partial charge in [-0.15, -0.1) is 0 Å². The molecule has 4 heteroatoms. The Morgan fingerprint density at radius 2 is 1.88 bits per heavy atom. The smallest absolute Gasteiger partial charge is 0.269 e. The minimum Gasteiger partial charge on any atom is -0.382 e. The molecule has 2 rings (SSSR count). The van der Waals surface area contributed by atoms with Gasteiger partial charge in [0, 0.05) is 23.9 Å². The normalized spacial score (nSPS) is 24.3. The lowest BCUT2D eigenvalue weighted by Crippen LogP contribution is -2.30. The molecule has 1 fully saturated rings. The predicted molar refractivity (Wildman–Crippen MR) is 68.1 cm³/mol. The van der Waals surface area contributed by atoms with E-state index in [9.17, 15) is 10.1 Å². The molecule has 1 aromatic rings. The Balaban J connectivity index is 2.00. The van der Waals surface area contributed by atoms with Crippen molar-refractivity contribution in [1.29, 1.82) is 0 Å². The van der Waals surface area contributed by atoms with Crippen LogP contribution in [0.4, 0.5) is 11.4 Å². The highest BCUT2D eigenvalue weighted by Gasteiger charge is 2.20. The van der Waals surface area contributed by atoms with Crippen molar-refractivity contribution >= 4 is 11.4 Å². The summed E-state index contributed by atoms with van der Waals surface area (Å²) in [5, 5.41) is 14.0. The summed E-state index contributed by atoms with van der Waals surface area (Å²) in [6.45, 7) is 2.27. The maximum atomic E-state index is 10.5. The van der Waals surface area contributed by atoms with E-state index in [0.29, 0.717) is 12.0 Å². The number of nitro benzene ring substituents is 1. The largest absolute Gasteiger partial charge is 0.382 e. The molecular formula is C13H18N2O2. The van der Waals surface area contributed by atoms with Crippen molar-refractivity contribution in [2.24, 2.45) is 5.92 Å². The molecule has 4 nitrogen and oxygen atoms in total. The number of benzene rings is 1. The number of nitrogens with one attached hydrogen (secondary N) is 1. The number of non-ortho nitro benzene ring substituents is 1. The molecule has 0 aliphatic heterocycles. The molecule has 17 heavy (non-hydrogen) atoms. The minimum atomic E-state index is -0.368. The van der Waals surface area contributed by atoms with Crippen molar-refractivity contribution < 1.29 is 4.92 Å². The van der Waals surface area contributed by atoms with Crippen LogP contribution in [0.25, 0.3) is 0 Å². The van der Waals surface area contributed by atoms with E-state index >= 15 is 0 Å². The summed E-state index contributed by atoms with van der Waals surface area (Å²) in [6, 6.07) is 7.19. The molecule has 1 N–H and O–H groups in total. The molecule has 0 bridgehead atoms. The minimum absolute atomic E-state index is 0.146. The zero-order chi connectivity index (χ0) is 12.3. The molecule has 0 radical (unpaired) electrons. The van der Waals surface area contributed by atoms with Crippen LogP contribution >= 0.6 is 0 Å². The van der Waals surface area contributed by atoms with E-state index in [1.807, 2.05) is 0 Å². The van der Waals surface area contributed by atoms with Gasteiger partial charge < -0.3 is 5.32 Å². The van der Waals surface area contributed by atoms with Gasteiger partial charge in [-0.25, -0.2) is 0 Å². The maximum Gasteiger partial charge on any atom is 0.269 e. The number of nitrogens with zero attached hydrogens (tertiary/aromatic N) is 1. The van der Waals surface area contributed by atoms with Gasteiger partial charge in [0.25, 0.3) is 5.69 Å². The van der Waals surface area contributed by atoms with Crippen LogP contribution in [0.2, 0.25) is 0 Å². The SMILES string of the molecule is CC1CCCCC1Nc1ccc([N+](=O)[O-])cc1. The van der Waals surface area contributed by atoms with Gasteiger partial charge in [0.05, 0.1) is 4.92 Å². The first-order valence-corrected chi connectivity index (χ1v) is 6.18. The van der Waals surface area contributed by atoms with E-state index in [1.165, 1.54) is 25.7 Å². The second-order valence-electron chi connectivity index (χ2n) is 4.82. The Morgan fingerprint density at radius 3 is 2.47 bits per heavy atom. The molecule has 0 amide bonds. The van der Waals surface area contributed by atoms with Crippen LogP contribution < -0.4 is 5.32 Å². The van der Waals surface area contributed by atoms with Crippen LogP contribution in [0.15, 0.2) is 24.3 Å². The lowest BCUT2D eigenvalue weighted by Gasteiger charge is -2.30. The van der Waals surface area contributed by atoms with Crippen molar-refractivity contribution in [2.45, 2.75) is 38.6 Å². The van der Waals surface area contributed by atoms with Crippen LogP contribution in [0.5, 0.6) is 0 Å². The van der Waals surface area contributed by atoms with Gasteiger partial charge in [0.15, 0.2) is 0 Å². The third kappa shape index (κ3) is 2.96. The molecule has 1 aliphatic rings. The molecule has 2 atom stereocenters. The highest BCUT2D eigenvalue weighted by Crippen LogP contribution is 2.27. The quantitative estimate of drug-likeness (QED) is 0.642. The van der Waals surface area contributed by atoms with E-state index in [2.05, 4.69) is 12.2 Å². The molecule has 1 saturated carbocycles. The zero-order valence-corrected chi connectivity index (χ0v) is 10.1. The fourth-order valence-corrected chi connectivity index (χ4v) is 2.42. The van der Waals surface area contributed by atoms with Crippen molar-refractivity contribution in [3.63, 3.8) is 0 Å². The molecule has 2 unspecified atom stereocenters. The average Bonchev–Trinajstić information content (AvgIpc) is 2.33. The topological polar surface area (TPSA) is 55.2 Å². The van der Waals surface area contributed by atoms with Crippen LogP contribution in [0.3, 0.4) is 0 Å². The van der Waals surface area contributed by atoms with E-state index in [-0.39, 0.29) is 10.6 Å². The molecule has 0 heterocycles. The predicted octanol–water partition coefficient (Wildman–Crippen LogP) is 3.59. The van der Waals surface area contributed by atoms with Crippen molar-refractivity contribution in [3.05, 3.63) is 34.4 Å². The summed E-state index contributed by atoms with van der Waals surface area (Å²) in [5.74, 6) is 0.680. The number of nitro groups is 1. The molecule has 0 saturated heterocycles. The fraction of sp³-hybridized carbons (Fsp3) is 0.538. The standard InChI is InChI=1S/C13H18N2O2/c1-10-4-2-3-5-13(10)14-11-6-8-12(9-7-11)15(16)17/h6-10,13-14H,2-5H2,1H3. The van der Waals surface area contributed by atoms with Crippen molar-refractivity contribution in [2.75, 3.05) is 5.32 Å². The van der Waals surface area contributed by atoms with Crippen LogP contribution in [0.1, 0.15) is 32.6 Å². The summed E-state index contributed by atoms with van der Waals surface area (Å²) in [5.41, 5.74) is 1.13. The Hall–Kier alpha value is -1.58. The van der Waals surface area contributed by atoms with Crippen molar-refractivity contribution in [1.82, 2.24) is 0 Å². The summed E-state index contributed by atoms with van der Waals surface area (Å²) < 4.78 is 0. The average molecular weight is 234 g/mol. The van der Waals surface area contributed by atoms with E-state index in [4.69, 9.17) is 0 Å². The number of hydrogen-bond donors (Lipinski definition) is 1. The summed E-state index contributed by atoms with van der Waals surface area (Å²) >= 11 is 0. The number of anilines is 1. The van der Waals surface area contributed by atoms with Crippen LogP contribution in [0, 0.1) is 16.0 Å². The second kappa shape index (κ2) is 5.17. The first-order chi connectivity index (χ1) is 8.16. The van der Waals surface area contributed by atoms with Gasteiger partial charge in [-0.1, -0.05) is 19.8 Å². The lowest BCUT2D eigenvalue weighted by atomic mass is 9.86. The molecule has 0 aromatic heterocycles.